The number of carbonyl (C=O) groups is 1. The third-order valence-electron chi connectivity index (χ3n) is 4.30. The highest BCUT2D eigenvalue weighted by Gasteiger charge is 2.14. The number of hydrogen-bond donors (Lipinski definition) is 1. The molecule has 0 aromatic heterocycles. The summed E-state index contributed by atoms with van der Waals surface area (Å²) in [4.78, 5) is 18.6. The van der Waals surface area contributed by atoms with E-state index in [1.54, 1.807) is 0 Å². The van der Waals surface area contributed by atoms with Gasteiger partial charge in [-0.3, -0.25) is 4.79 Å². The van der Waals surface area contributed by atoms with Gasteiger partial charge in [-0.2, -0.15) is 0 Å². The maximum absolute atomic E-state index is 12.0. The van der Waals surface area contributed by atoms with Gasteiger partial charge in [0.2, 0.25) is 5.91 Å². The molecule has 1 aromatic carbocycles. The van der Waals surface area contributed by atoms with Gasteiger partial charge in [-0.05, 0) is 45.2 Å². The van der Waals surface area contributed by atoms with Gasteiger partial charge in [-0.1, -0.05) is 0 Å². The van der Waals surface area contributed by atoms with E-state index in [0.29, 0.717) is 6.54 Å². The largest absolute Gasteiger partial charge is 0.376 e. The van der Waals surface area contributed by atoms with Crippen LogP contribution in [-0.4, -0.2) is 68.6 Å². The molecule has 0 spiro atoms. The molecule has 0 saturated carbocycles. The van der Waals surface area contributed by atoms with E-state index in [9.17, 15) is 4.79 Å². The average Bonchev–Trinajstić information content (AvgIpc) is 2.55. The fourth-order valence-electron chi connectivity index (χ4n) is 2.72. The lowest BCUT2D eigenvalue weighted by Crippen LogP contribution is -2.44. The summed E-state index contributed by atoms with van der Waals surface area (Å²) < 4.78 is 0. The molecular weight excluding hydrogens is 276 g/mol. The summed E-state index contributed by atoms with van der Waals surface area (Å²) in [5.41, 5.74) is 2.26. The van der Waals surface area contributed by atoms with E-state index >= 15 is 0 Å². The second kappa shape index (κ2) is 8.03. The zero-order chi connectivity index (χ0) is 15.9. The highest BCUT2D eigenvalue weighted by molar-refractivity contribution is 5.80. The molecule has 1 N–H and O–H groups in total. The lowest BCUT2D eigenvalue weighted by Gasteiger charge is -2.34. The zero-order valence-corrected chi connectivity index (χ0v) is 14.0. The van der Waals surface area contributed by atoms with E-state index < -0.39 is 0 Å². The van der Waals surface area contributed by atoms with Crippen molar-refractivity contribution in [1.29, 1.82) is 0 Å². The molecule has 0 unspecified atom stereocenters. The van der Waals surface area contributed by atoms with Crippen LogP contribution < -0.4 is 10.2 Å². The van der Waals surface area contributed by atoms with Crippen molar-refractivity contribution in [3.63, 3.8) is 0 Å². The number of likely N-dealkylation sites (N-methyl/N-ethyl adjacent to an activating group) is 2. The standard InChI is InChI=1S/C17H28N4O/c1-4-20(5-2)17(22)14-18-15-6-8-16(9-7-15)21-12-10-19(3)11-13-21/h6-9,18H,4-5,10-14H2,1-3H3. The molecule has 1 saturated heterocycles. The van der Waals surface area contributed by atoms with Crippen LogP contribution in [0.4, 0.5) is 11.4 Å². The molecule has 1 amide bonds. The summed E-state index contributed by atoms with van der Waals surface area (Å²) in [6.45, 7) is 10.3. The topological polar surface area (TPSA) is 38.8 Å². The molecule has 5 nitrogen and oxygen atoms in total. The number of hydrogen-bond acceptors (Lipinski definition) is 4. The summed E-state index contributed by atoms with van der Waals surface area (Å²) >= 11 is 0. The van der Waals surface area contributed by atoms with Crippen LogP contribution in [0.2, 0.25) is 0 Å². The van der Waals surface area contributed by atoms with Crippen LogP contribution in [0.3, 0.4) is 0 Å². The minimum absolute atomic E-state index is 0.146. The molecule has 1 aromatic rings. The number of piperazine rings is 1. The van der Waals surface area contributed by atoms with Gasteiger partial charge in [0.05, 0.1) is 6.54 Å². The Morgan fingerprint density at radius 3 is 2.23 bits per heavy atom. The Labute approximate surface area is 133 Å². The lowest BCUT2D eigenvalue weighted by atomic mass is 10.2. The highest BCUT2D eigenvalue weighted by Crippen LogP contribution is 2.19. The smallest absolute Gasteiger partial charge is 0.241 e. The first-order valence-corrected chi connectivity index (χ1v) is 8.19. The van der Waals surface area contributed by atoms with Crippen LogP contribution in [0.25, 0.3) is 0 Å². The number of benzene rings is 1. The molecule has 22 heavy (non-hydrogen) atoms. The van der Waals surface area contributed by atoms with Crippen LogP contribution in [0.15, 0.2) is 24.3 Å². The maximum atomic E-state index is 12.0. The Hall–Kier alpha value is -1.75. The predicted molar refractivity (Wildman–Crippen MR) is 92.6 cm³/mol. The number of rotatable bonds is 6. The Balaban J connectivity index is 1.85. The first kappa shape index (κ1) is 16.6. The fourth-order valence-corrected chi connectivity index (χ4v) is 2.72. The minimum atomic E-state index is 0.146. The van der Waals surface area contributed by atoms with Crippen LogP contribution in [0.1, 0.15) is 13.8 Å². The number of carbonyl (C=O) groups excluding carboxylic acids is 1. The maximum Gasteiger partial charge on any atom is 0.241 e. The van der Waals surface area contributed by atoms with Crippen molar-refractivity contribution >= 4 is 17.3 Å². The predicted octanol–water partition coefficient (Wildman–Crippen LogP) is 1.72. The van der Waals surface area contributed by atoms with E-state index in [1.165, 1.54) is 5.69 Å². The third-order valence-corrected chi connectivity index (χ3v) is 4.30. The Morgan fingerprint density at radius 1 is 1.09 bits per heavy atom. The Kier molecular flexibility index (Phi) is 6.07. The monoisotopic (exact) mass is 304 g/mol. The summed E-state index contributed by atoms with van der Waals surface area (Å²) in [7, 11) is 2.16. The van der Waals surface area contributed by atoms with Crippen molar-refractivity contribution in [3.05, 3.63) is 24.3 Å². The molecule has 1 aliphatic heterocycles. The number of anilines is 2. The van der Waals surface area contributed by atoms with E-state index in [0.717, 1.165) is 45.0 Å². The molecule has 0 aliphatic carbocycles. The molecule has 2 rings (SSSR count). The molecule has 1 aliphatic rings. The van der Waals surface area contributed by atoms with Crippen molar-refractivity contribution in [2.45, 2.75) is 13.8 Å². The molecule has 0 atom stereocenters. The van der Waals surface area contributed by atoms with Gasteiger partial charge < -0.3 is 20.0 Å². The SMILES string of the molecule is CCN(CC)C(=O)CNc1ccc(N2CCN(C)CC2)cc1. The molecular formula is C17H28N4O. The van der Waals surface area contributed by atoms with E-state index in [2.05, 4.69) is 46.4 Å². The molecule has 0 bridgehead atoms. The Bertz CT molecular complexity index is 462. The fraction of sp³-hybridized carbons (Fsp3) is 0.588. The van der Waals surface area contributed by atoms with Gasteiger partial charge in [-0.25, -0.2) is 0 Å². The summed E-state index contributed by atoms with van der Waals surface area (Å²) in [6.07, 6.45) is 0. The number of nitrogens with zero attached hydrogens (tertiary/aromatic N) is 3. The van der Waals surface area contributed by atoms with E-state index in [-0.39, 0.29) is 5.91 Å². The molecule has 5 heteroatoms. The van der Waals surface area contributed by atoms with Gasteiger partial charge in [0, 0.05) is 50.6 Å². The normalized spacial score (nSPS) is 15.7. The molecule has 0 radical (unpaired) electrons. The number of amides is 1. The Morgan fingerprint density at radius 2 is 1.68 bits per heavy atom. The minimum Gasteiger partial charge on any atom is -0.376 e. The average molecular weight is 304 g/mol. The van der Waals surface area contributed by atoms with Gasteiger partial charge in [-0.15, -0.1) is 0 Å². The van der Waals surface area contributed by atoms with Gasteiger partial charge in [0.25, 0.3) is 0 Å². The lowest BCUT2D eigenvalue weighted by molar-refractivity contribution is -0.128. The van der Waals surface area contributed by atoms with Crippen molar-refractivity contribution in [2.24, 2.45) is 0 Å². The third kappa shape index (κ3) is 4.37. The molecule has 1 heterocycles. The summed E-state index contributed by atoms with van der Waals surface area (Å²) in [5.74, 6) is 0.146. The first-order valence-electron chi connectivity index (χ1n) is 8.19. The van der Waals surface area contributed by atoms with Crippen molar-refractivity contribution < 1.29 is 4.79 Å². The summed E-state index contributed by atoms with van der Waals surface area (Å²) in [5, 5.41) is 3.21. The number of nitrogens with one attached hydrogen (secondary N) is 1. The van der Waals surface area contributed by atoms with Crippen molar-refractivity contribution in [2.75, 3.05) is 63.1 Å². The van der Waals surface area contributed by atoms with Crippen LogP contribution >= 0.6 is 0 Å². The van der Waals surface area contributed by atoms with Crippen LogP contribution in [-0.2, 0) is 4.79 Å². The van der Waals surface area contributed by atoms with Crippen molar-refractivity contribution in [1.82, 2.24) is 9.80 Å². The van der Waals surface area contributed by atoms with E-state index in [4.69, 9.17) is 0 Å². The quantitative estimate of drug-likeness (QED) is 0.868. The van der Waals surface area contributed by atoms with Crippen LogP contribution in [0, 0.1) is 0 Å². The van der Waals surface area contributed by atoms with E-state index in [1.807, 2.05) is 18.7 Å². The highest BCUT2D eigenvalue weighted by atomic mass is 16.2. The van der Waals surface area contributed by atoms with Gasteiger partial charge in [0.15, 0.2) is 0 Å². The molecule has 122 valence electrons. The zero-order valence-electron chi connectivity index (χ0n) is 14.0. The summed E-state index contributed by atoms with van der Waals surface area (Å²) in [6, 6.07) is 8.39. The van der Waals surface area contributed by atoms with Crippen LogP contribution in [0.5, 0.6) is 0 Å². The van der Waals surface area contributed by atoms with Crippen molar-refractivity contribution in [3.8, 4) is 0 Å². The second-order valence-corrected chi connectivity index (χ2v) is 5.76. The second-order valence-electron chi connectivity index (χ2n) is 5.76. The molecule has 1 fully saturated rings. The van der Waals surface area contributed by atoms with Gasteiger partial charge in [0.1, 0.15) is 0 Å². The first-order chi connectivity index (χ1) is 10.6. The van der Waals surface area contributed by atoms with Gasteiger partial charge >= 0.3 is 0 Å².